The minimum absolute atomic E-state index is 0.354. The van der Waals surface area contributed by atoms with Gasteiger partial charge in [0.05, 0.1) is 10.7 Å². The first-order chi connectivity index (χ1) is 8.44. The van der Waals surface area contributed by atoms with E-state index in [0.717, 1.165) is 12.1 Å². The van der Waals surface area contributed by atoms with Gasteiger partial charge in [-0.3, -0.25) is 11.3 Å². The first-order valence-corrected chi connectivity index (χ1v) is 7.64. The van der Waals surface area contributed by atoms with Crippen LogP contribution in [0, 0.1) is 25.2 Å². The van der Waals surface area contributed by atoms with Gasteiger partial charge in [0.2, 0.25) is 0 Å². The number of hydrazine groups is 1. The standard InChI is InChI=1S/C14H25N3S/c1-9-10(2)18-13(16-9)8-12(17-15)11-6-5-7-14(11,3)4/h11-12,17H,5-8,15H2,1-4H3. The monoisotopic (exact) mass is 267 g/mol. The third-order valence-corrected chi connectivity index (χ3v) is 5.60. The maximum absolute atomic E-state index is 5.79. The minimum atomic E-state index is 0.354. The van der Waals surface area contributed by atoms with Crippen LogP contribution < -0.4 is 11.3 Å². The van der Waals surface area contributed by atoms with Crippen LogP contribution in [0.15, 0.2) is 0 Å². The zero-order valence-corrected chi connectivity index (χ0v) is 12.7. The molecule has 1 fully saturated rings. The Morgan fingerprint density at radius 1 is 1.50 bits per heavy atom. The number of hydrogen-bond donors (Lipinski definition) is 2. The van der Waals surface area contributed by atoms with Gasteiger partial charge in [-0.2, -0.15) is 0 Å². The number of thiazole rings is 1. The second-order valence-corrected chi connectivity index (χ2v) is 7.50. The maximum Gasteiger partial charge on any atom is 0.0947 e. The highest BCUT2D eigenvalue weighted by Gasteiger charge is 2.39. The van der Waals surface area contributed by atoms with Crippen molar-refractivity contribution in [3.05, 3.63) is 15.6 Å². The molecule has 3 N–H and O–H groups in total. The van der Waals surface area contributed by atoms with E-state index in [4.69, 9.17) is 5.84 Å². The summed E-state index contributed by atoms with van der Waals surface area (Å²) in [6, 6.07) is 0.354. The van der Waals surface area contributed by atoms with Crippen LogP contribution >= 0.6 is 11.3 Å². The van der Waals surface area contributed by atoms with Crippen molar-refractivity contribution >= 4 is 11.3 Å². The smallest absolute Gasteiger partial charge is 0.0947 e. The first kappa shape index (κ1) is 14.0. The fourth-order valence-corrected chi connectivity index (χ4v) is 4.22. The highest BCUT2D eigenvalue weighted by Crippen LogP contribution is 2.44. The van der Waals surface area contributed by atoms with Gasteiger partial charge in [0.25, 0.3) is 0 Å². The van der Waals surface area contributed by atoms with Gasteiger partial charge in [-0.1, -0.05) is 20.3 Å². The molecule has 1 aliphatic carbocycles. The van der Waals surface area contributed by atoms with Gasteiger partial charge in [-0.15, -0.1) is 11.3 Å². The van der Waals surface area contributed by atoms with Crippen molar-refractivity contribution in [2.45, 2.75) is 59.4 Å². The Labute approximate surface area is 114 Å². The molecule has 1 saturated carbocycles. The van der Waals surface area contributed by atoms with Gasteiger partial charge >= 0.3 is 0 Å². The first-order valence-electron chi connectivity index (χ1n) is 6.83. The molecule has 1 heterocycles. The summed E-state index contributed by atoms with van der Waals surface area (Å²) in [7, 11) is 0. The van der Waals surface area contributed by atoms with Gasteiger partial charge in [-0.05, 0) is 38.0 Å². The Hall–Kier alpha value is -0.450. The second kappa shape index (κ2) is 5.27. The van der Waals surface area contributed by atoms with Gasteiger partial charge < -0.3 is 0 Å². The molecule has 0 radical (unpaired) electrons. The molecule has 0 bridgehead atoms. The van der Waals surface area contributed by atoms with Gasteiger partial charge in [0, 0.05) is 17.3 Å². The van der Waals surface area contributed by atoms with Crippen molar-refractivity contribution in [2.75, 3.05) is 0 Å². The van der Waals surface area contributed by atoms with Crippen LogP contribution in [0.3, 0.4) is 0 Å². The van der Waals surface area contributed by atoms with Crippen LogP contribution in [0.2, 0.25) is 0 Å². The summed E-state index contributed by atoms with van der Waals surface area (Å²) in [5.74, 6) is 6.45. The lowest BCUT2D eigenvalue weighted by Crippen LogP contribution is -2.45. The lowest BCUT2D eigenvalue weighted by atomic mass is 9.77. The van der Waals surface area contributed by atoms with Crippen LogP contribution in [0.4, 0.5) is 0 Å². The zero-order chi connectivity index (χ0) is 13.3. The van der Waals surface area contributed by atoms with E-state index in [1.807, 2.05) is 11.3 Å². The van der Waals surface area contributed by atoms with Crippen LogP contribution in [0.25, 0.3) is 0 Å². The summed E-state index contributed by atoms with van der Waals surface area (Å²) in [4.78, 5) is 5.97. The summed E-state index contributed by atoms with van der Waals surface area (Å²) in [6.45, 7) is 8.96. The third-order valence-electron chi connectivity index (χ3n) is 4.51. The molecule has 0 saturated heterocycles. The molecule has 1 aromatic rings. The van der Waals surface area contributed by atoms with Gasteiger partial charge in [-0.25, -0.2) is 4.98 Å². The zero-order valence-electron chi connectivity index (χ0n) is 11.9. The summed E-state index contributed by atoms with van der Waals surface area (Å²) in [5, 5.41) is 1.22. The Morgan fingerprint density at radius 3 is 2.67 bits per heavy atom. The quantitative estimate of drug-likeness (QED) is 0.651. The summed E-state index contributed by atoms with van der Waals surface area (Å²) in [6.07, 6.45) is 4.88. The predicted molar refractivity (Wildman–Crippen MR) is 77.5 cm³/mol. The normalized spacial score (nSPS) is 24.4. The Bertz CT molecular complexity index is 392. The molecule has 2 unspecified atom stereocenters. The number of nitrogens with zero attached hydrogens (tertiary/aromatic N) is 1. The third kappa shape index (κ3) is 2.76. The average Bonchev–Trinajstić information content (AvgIpc) is 2.79. The molecule has 1 aromatic heterocycles. The molecular formula is C14H25N3S. The molecular weight excluding hydrogens is 242 g/mol. The van der Waals surface area contributed by atoms with E-state index in [0.29, 0.717) is 17.4 Å². The molecule has 4 heteroatoms. The molecule has 0 aliphatic heterocycles. The number of aryl methyl sites for hydroxylation is 2. The van der Waals surface area contributed by atoms with Crippen molar-refractivity contribution in [3.63, 3.8) is 0 Å². The molecule has 0 aromatic carbocycles. The highest BCUT2D eigenvalue weighted by atomic mass is 32.1. The fourth-order valence-electron chi connectivity index (χ4n) is 3.23. The van der Waals surface area contributed by atoms with E-state index in [-0.39, 0.29) is 0 Å². The molecule has 2 rings (SSSR count). The molecule has 2 atom stereocenters. The van der Waals surface area contributed by atoms with E-state index in [9.17, 15) is 0 Å². The topological polar surface area (TPSA) is 50.9 Å². The highest BCUT2D eigenvalue weighted by molar-refractivity contribution is 7.11. The lowest BCUT2D eigenvalue weighted by molar-refractivity contribution is 0.196. The largest absolute Gasteiger partial charge is 0.271 e. The van der Waals surface area contributed by atoms with Gasteiger partial charge in [0.1, 0.15) is 0 Å². The van der Waals surface area contributed by atoms with Crippen LogP contribution in [0.5, 0.6) is 0 Å². The molecule has 18 heavy (non-hydrogen) atoms. The Morgan fingerprint density at radius 2 is 2.22 bits per heavy atom. The fraction of sp³-hybridized carbons (Fsp3) is 0.786. The number of aromatic nitrogens is 1. The van der Waals surface area contributed by atoms with E-state index in [2.05, 4.69) is 38.1 Å². The van der Waals surface area contributed by atoms with Crippen molar-refractivity contribution in [1.82, 2.24) is 10.4 Å². The molecule has 0 spiro atoms. The SMILES string of the molecule is Cc1nc(CC(NN)C2CCCC2(C)C)sc1C. The van der Waals surface area contributed by atoms with Gasteiger partial charge in [0.15, 0.2) is 0 Å². The number of rotatable bonds is 4. The van der Waals surface area contributed by atoms with E-state index in [1.165, 1.54) is 29.1 Å². The summed E-state index contributed by atoms with van der Waals surface area (Å²) >= 11 is 1.81. The second-order valence-electron chi connectivity index (χ2n) is 6.21. The molecule has 0 amide bonds. The Balaban J connectivity index is 2.10. The molecule has 3 nitrogen and oxygen atoms in total. The van der Waals surface area contributed by atoms with E-state index >= 15 is 0 Å². The predicted octanol–water partition coefficient (Wildman–Crippen LogP) is 2.96. The van der Waals surface area contributed by atoms with Crippen LogP contribution in [-0.4, -0.2) is 11.0 Å². The minimum Gasteiger partial charge on any atom is -0.271 e. The molecule has 1 aliphatic rings. The number of nitrogens with two attached hydrogens (primary N) is 1. The summed E-state index contributed by atoms with van der Waals surface area (Å²) in [5.41, 5.74) is 4.61. The maximum atomic E-state index is 5.79. The van der Waals surface area contributed by atoms with Crippen molar-refractivity contribution < 1.29 is 0 Å². The van der Waals surface area contributed by atoms with Crippen LogP contribution in [-0.2, 0) is 6.42 Å². The Kier molecular flexibility index (Phi) is 4.09. The van der Waals surface area contributed by atoms with Crippen molar-refractivity contribution in [1.29, 1.82) is 0 Å². The van der Waals surface area contributed by atoms with E-state index in [1.54, 1.807) is 0 Å². The van der Waals surface area contributed by atoms with E-state index < -0.39 is 0 Å². The average molecular weight is 267 g/mol. The van der Waals surface area contributed by atoms with Crippen molar-refractivity contribution in [2.24, 2.45) is 17.2 Å². The number of hydrogen-bond acceptors (Lipinski definition) is 4. The summed E-state index contributed by atoms with van der Waals surface area (Å²) < 4.78 is 0. The van der Waals surface area contributed by atoms with Crippen LogP contribution in [0.1, 0.15) is 48.7 Å². The number of nitrogens with one attached hydrogen (secondary N) is 1. The van der Waals surface area contributed by atoms with Crippen molar-refractivity contribution in [3.8, 4) is 0 Å². The molecule has 102 valence electrons. The lowest BCUT2D eigenvalue weighted by Gasteiger charge is -2.33.